The molecule has 22 heavy (non-hydrogen) atoms. The van der Waals surface area contributed by atoms with E-state index in [0.717, 1.165) is 5.56 Å². The highest BCUT2D eigenvalue weighted by atomic mass is 32.2. The second kappa shape index (κ2) is 6.72. The molecule has 2 rings (SSSR count). The van der Waals surface area contributed by atoms with Crippen molar-refractivity contribution in [2.45, 2.75) is 18.1 Å². The number of aliphatic hydroxyl groups excluding tert-OH is 1. The molecule has 116 valence electrons. The molecule has 6 heteroatoms. The Balaban J connectivity index is 2.08. The van der Waals surface area contributed by atoms with E-state index in [4.69, 9.17) is 10.2 Å². The Morgan fingerprint density at radius 2 is 1.23 bits per heavy atom. The first-order valence-corrected chi connectivity index (χ1v) is 8.43. The molecule has 0 aliphatic rings. The summed E-state index contributed by atoms with van der Waals surface area (Å²) >= 11 is 0. The Hall–Kier alpha value is -2.18. The number of aromatic carboxylic acids is 1. The third-order valence-electron chi connectivity index (χ3n) is 3.18. The minimum Gasteiger partial charge on any atom is -0.478 e. The molecule has 0 amide bonds. The molecule has 0 aliphatic carbocycles. The predicted molar refractivity (Wildman–Crippen MR) is 82.1 cm³/mol. The number of rotatable bonds is 6. The molecule has 2 aromatic carbocycles. The second-order valence-electron chi connectivity index (χ2n) is 5.01. The number of sulfone groups is 1. The van der Waals surface area contributed by atoms with Crippen LogP contribution < -0.4 is 0 Å². The van der Waals surface area contributed by atoms with Crippen molar-refractivity contribution in [2.24, 2.45) is 0 Å². The molecule has 0 radical (unpaired) electrons. The second-order valence-corrected chi connectivity index (χ2v) is 7.07. The Bertz CT molecular complexity index is 746. The van der Waals surface area contributed by atoms with Gasteiger partial charge in [0, 0.05) is 0 Å². The first-order valence-electron chi connectivity index (χ1n) is 6.61. The van der Waals surface area contributed by atoms with E-state index < -0.39 is 15.8 Å². The number of benzene rings is 2. The van der Waals surface area contributed by atoms with Crippen molar-refractivity contribution in [1.82, 2.24) is 0 Å². The highest BCUT2D eigenvalue weighted by Gasteiger charge is 2.14. The van der Waals surface area contributed by atoms with Crippen LogP contribution in [0.5, 0.6) is 0 Å². The van der Waals surface area contributed by atoms with Crippen LogP contribution >= 0.6 is 0 Å². The van der Waals surface area contributed by atoms with Crippen LogP contribution in [0.4, 0.5) is 0 Å². The van der Waals surface area contributed by atoms with Crippen LogP contribution in [0.25, 0.3) is 0 Å². The van der Waals surface area contributed by atoms with Gasteiger partial charge in [0.15, 0.2) is 9.84 Å². The molecular formula is C16H16O5S. The van der Waals surface area contributed by atoms with Crippen LogP contribution in [0.3, 0.4) is 0 Å². The lowest BCUT2D eigenvalue weighted by Gasteiger charge is -2.06. The van der Waals surface area contributed by atoms with Crippen molar-refractivity contribution in [3.63, 3.8) is 0 Å². The monoisotopic (exact) mass is 320 g/mol. The largest absolute Gasteiger partial charge is 0.478 e. The van der Waals surface area contributed by atoms with Crippen molar-refractivity contribution in [2.75, 3.05) is 0 Å². The molecular weight excluding hydrogens is 304 g/mol. The molecule has 2 aromatic rings. The van der Waals surface area contributed by atoms with Crippen LogP contribution in [0, 0.1) is 0 Å². The SMILES string of the molecule is O=C(O)c1ccc(CS(=O)(=O)Cc2ccc(CO)cc2)cc1. The Morgan fingerprint density at radius 3 is 1.64 bits per heavy atom. The molecule has 0 atom stereocenters. The number of carboxylic acid groups (broad SMARTS) is 1. The number of hydrogen-bond acceptors (Lipinski definition) is 4. The summed E-state index contributed by atoms with van der Waals surface area (Å²) in [6.45, 7) is -0.0804. The van der Waals surface area contributed by atoms with E-state index in [-0.39, 0.29) is 23.7 Å². The minimum atomic E-state index is -3.35. The topological polar surface area (TPSA) is 91.7 Å². The Labute approximate surface area is 128 Å². The summed E-state index contributed by atoms with van der Waals surface area (Å²) in [6.07, 6.45) is 0. The number of carboxylic acids is 1. The molecule has 0 aliphatic heterocycles. The van der Waals surface area contributed by atoms with Gasteiger partial charge in [-0.25, -0.2) is 13.2 Å². The number of aliphatic hydroxyl groups is 1. The summed E-state index contributed by atoms with van der Waals surface area (Å²) in [5.74, 6) is -1.29. The van der Waals surface area contributed by atoms with E-state index in [1.165, 1.54) is 24.3 Å². The normalized spacial score (nSPS) is 11.3. The third-order valence-corrected chi connectivity index (χ3v) is 4.73. The quantitative estimate of drug-likeness (QED) is 0.849. The van der Waals surface area contributed by atoms with Gasteiger partial charge in [0.2, 0.25) is 0 Å². The van der Waals surface area contributed by atoms with E-state index in [2.05, 4.69) is 0 Å². The Kier molecular flexibility index (Phi) is 4.95. The minimum absolute atomic E-state index is 0.0804. The van der Waals surface area contributed by atoms with Gasteiger partial charge in [-0.05, 0) is 28.8 Å². The first kappa shape index (κ1) is 16.2. The summed E-state index contributed by atoms with van der Waals surface area (Å²) in [5.41, 5.74) is 2.06. The summed E-state index contributed by atoms with van der Waals surface area (Å²) < 4.78 is 24.4. The molecule has 0 heterocycles. The fourth-order valence-electron chi connectivity index (χ4n) is 2.04. The van der Waals surface area contributed by atoms with Crippen molar-refractivity contribution in [1.29, 1.82) is 0 Å². The lowest BCUT2D eigenvalue weighted by atomic mass is 10.1. The summed E-state index contributed by atoms with van der Waals surface area (Å²) in [4.78, 5) is 10.8. The van der Waals surface area contributed by atoms with E-state index >= 15 is 0 Å². The zero-order chi connectivity index (χ0) is 16.2. The third kappa shape index (κ3) is 4.41. The van der Waals surface area contributed by atoms with E-state index in [1.807, 2.05) is 0 Å². The van der Waals surface area contributed by atoms with Crippen molar-refractivity contribution >= 4 is 15.8 Å². The maximum Gasteiger partial charge on any atom is 0.335 e. The Morgan fingerprint density at radius 1 is 0.818 bits per heavy atom. The van der Waals surface area contributed by atoms with Crippen LogP contribution in [-0.4, -0.2) is 24.6 Å². The van der Waals surface area contributed by atoms with Crippen molar-refractivity contribution in [3.8, 4) is 0 Å². The van der Waals surface area contributed by atoms with Crippen LogP contribution in [-0.2, 0) is 27.9 Å². The summed E-state index contributed by atoms with van der Waals surface area (Å²) in [6, 6.07) is 12.5. The summed E-state index contributed by atoms with van der Waals surface area (Å²) in [7, 11) is -3.35. The zero-order valence-corrected chi connectivity index (χ0v) is 12.6. The highest BCUT2D eigenvalue weighted by Crippen LogP contribution is 2.14. The van der Waals surface area contributed by atoms with Gasteiger partial charge in [0.1, 0.15) is 0 Å². The number of carbonyl (C=O) groups is 1. The van der Waals surface area contributed by atoms with Crippen molar-refractivity contribution in [3.05, 3.63) is 70.8 Å². The molecule has 0 saturated heterocycles. The molecule has 5 nitrogen and oxygen atoms in total. The smallest absolute Gasteiger partial charge is 0.335 e. The van der Waals surface area contributed by atoms with E-state index in [0.29, 0.717) is 11.1 Å². The van der Waals surface area contributed by atoms with Crippen LogP contribution in [0.2, 0.25) is 0 Å². The van der Waals surface area contributed by atoms with Gasteiger partial charge in [0.25, 0.3) is 0 Å². The van der Waals surface area contributed by atoms with E-state index in [1.54, 1.807) is 24.3 Å². The van der Waals surface area contributed by atoms with Gasteiger partial charge in [-0.15, -0.1) is 0 Å². The fraction of sp³-hybridized carbons (Fsp3) is 0.188. The lowest BCUT2D eigenvalue weighted by molar-refractivity contribution is 0.0697. The molecule has 0 unspecified atom stereocenters. The fourth-order valence-corrected chi connectivity index (χ4v) is 3.55. The zero-order valence-electron chi connectivity index (χ0n) is 11.8. The average molecular weight is 320 g/mol. The van der Waals surface area contributed by atoms with Gasteiger partial charge in [0.05, 0.1) is 23.7 Å². The predicted octanol–water partition coefficient (Wildman–Crippen LogP) is 1.99. The van der Waals surface area contributed by atoms with Crippen LogP contribution in [0.1, 0.15) is 27.0 Å². The van der Waals surface area contributed by atoms with Crippen molar-refractivity contribution < 1.29 is 23.4 Å². The molecule has 0 saturated carbocycles. The molecule has 0 fully saturated rings. The van der Waals surface area contributed by atoms with Gasteiger partial charge in [-0.2, -0.15) is 0 Å². The molecule has 2 N–H and O–H groups in total. The maximum absolute atomic E-state index is 12.2. The average Bonchev–Trinajstić information content (AvgIpc) is 2.47. The summed E-state index contributed by atoms with van der Waals surface area (Å²) in [5, 5.41) is 17.8. The standard InChI is InChI=1S/C16H16O5S/c17-9-12-1-3-13(4-2-12)10-22(20,21)11-14-5-7-15(8-6-14)16(18)19/h1-8,17H,9-11H2,(H,18,19). The lowest BCUT2D eigenvalue weighted by Crippen LogP contribution is -2.08. The highest BCUT2D eigenvalue weighted by molar-refractivity contribution is 7.89. The maximum atomic E-state index is 12.2. The van der Waals surface area contributed by atoms with Gasteiger partial charge in [-0.3, -0.25) is 0 Å². The van der Waals surface area contributed by atoms with Gasteiger partial charge in [-0.1, -0.05) is 36.4 Å². The van der Waals surface area contributed by atoms with Gasteiger partial charge >= 0.3 is 5.97 Å². The first-order chi connectivity index (χ1) is 10.4. The van der Waals surface area contributed by atoms with Crippen LogP contribution in [0.15, 0.2) is 48.5 Å². The number of hydrogen-bond donors (Lipinski definition) is 2. The molecule has 0 bridgehead atoms. The molecule has 0 aromatic heterocycles. The van der Waals surface area contributed by atoms with E-state index in [9.17, 15) is 13.2 Å². The molecule has 0 spiro atoms. The van der Waals surface area contributed by atoms with Gasteiger partial charge < -0.3 is 10.2 Å².